The average Bonchev–Trinajstić information content (AvgIpc) is 2.52. The molecule has 0 aromatic heterocycles. The lowest BCUT2D eigenvalue weighted by Gasteiger charge is -2.38. The minimum atomic E-state index is -1.25. The monoisotopic (exact) mass is 311 g/mol. The first-order chi connectivity index (χ1) is 10.5. The maximum atomic E-state index is 10.8. The molecule has 0 aliphatic carbocycles. The SMILES string of the molecule is C[C@H](N[C@H]1CO[C@H](OCc2ccccc2)[C@H](O)[C@@H]1O)C(=O)O. The van der Waals surface area contributed by atoms with E-state index in [0.29, 0.717) is 0 Å². The van der Waals surface area contributed by atoms with Gasteiger partial charge in [0.25, 0.3) is 0 Å². The number of aliphatic hydroxyl groups is 2. The van der Waals surface area contributed by atoms with E-state index in [2.05, 4.69) is 5.32 Å². The number of benzene rings is 1. The molecule has 1 saturated heterocycles. The van der Waals surface area contributed by atoms with E-state index < -0.39 is 36.6 Å². The minimum absolute atomic E-state index is 0.0509. The van der Waals surface area contributed by atoms with Crippen LogP contribution in [0.1, 0.15) is 12.5 Å². The van der Waals surface area contributed by atoms with E-state index >= 15 is 0 Å². The minimum Gasteiger partial charge on any atom is -0.480 e. The van der Waals surface area contributed by atoms with Crippen LogP contribution >= 0.6 is 0 Å². The van der Waals surface area contributed by atoms with Crippen molar-refractivity contribution in [1.82, 2.24) is 5.32 Å². The van der Waals surface area contributed by atoms with Crippen LogP contribution in [0.25, 0.3) is 0 Å². The maximum absolute atomic E-state index is 10.8. The van der Waals surface area contributed by atoms with Crippen molar-refractivity contribution in [3.05, 3.63) is 35.9 Å². The lowest BCUT2D eigenvalue weighted by Crippen LogP contribution is -2.60. The fourth-order valence-corrected chi connectivity index (χ4v) is 2.23. The van der Waals surface area contributed by atoms with Crippen molar-refractivity contribution in [3.8, 4) is 0 Å². The molecule has 1 aliphatic rings. The number of carboxylic acid groups (broad SMARTS) is 1. The summed E-state index contributed by atoms with van der Waals surface area (Å²) in [5, 5.41) is 31.7. The van der Waals surface area contributed by atoms with Crippen LogP contribution in [0.5, 0.6) is 0 Å². The number of aliphatic carboxylic acids is 1. The van der Waals surface area contributed by atoms with Gasteiger partial charge in [0.15, 0.2) is 6.29 Å². The van der Waals surface area contributed by atoms with Crippen LogP contribution in [0.15, 0.2) is 30.3 Å². The maximum Gasteiger partial charge on any atom is 0.320 e. The predicted molar refractivity (Wildman–Crippen MR) is 77.0 cm³/mol. The molecule has 0 bridgehead atoms. The van der Waals surface area contributed by atoms with Crippen LogP contribution in [-0.2, 0) is 20.9 Å². The Bertz CT molecular complexity index is 482. The second kappa shape index (κ2) is 7.66. The molecule has 1 aliphatic heterocycles. The van der Waals surface area contributed by atoms with Crippen molar-refractivity contribution in [2.24, 2.45) is 0 Å². The smallest absolute Gasteiger partial charge is 0.320 e. The highest BCUT2D eigenvalue weighted by atomic mass is 16.7. The molecule has 122 valence electrons. The van der Waals surface area contributed by atoms with Gasteiger partial charge in [-0.25, -0.2) is 0 Å². The zero-order valence-corrected chi connectivity index (χ0v) is 12.3. The van der Waals surface area contributed by atoms with Gasteiger partial charge in [0.2, 0.25) is 0 Å². The fraction of sp³-hybridized carbons (Fsp3) is 0.533. The molecule has 7 nitrogen and oxygen atoms in total. The van der Waals surface area contributed by atoms with Crippen molar-refractivity contribution in [2.45, 2.75) is 44.1 Å². The number of hydrogen-bond acceptors (Lipinski definition) is 6. The summed E-state index contributed by atoms with van der Waals surface area (Å²) >= 11 is 0. The van der Waals surface area contributed by atoms with Gasteiger partial charge in [0.1, 0.15) is 18.2 Å². The van der Waals surface area contributed by atoms with Crippen LogP contribution < -0.4 is 5.32 Å². The van der Waals surface area contributed by atoms with Gasteiger partial charge in [-0.1, -0.05) is 30.3 Å². The van der Waals surface area contributed by atoms with E-state index in [9.17, 15) is 15.0 Å². The van der Waals surface area contributed by atoms with Gasteiger partial charge in [-0.15, -0.1) is 0 Å². The largest absolute Gasteiger partial charge is 0.480 e. The second-order valence-electron chi connectivity index (χ2n) is 5.31. The van der Waals surface area contributed by atoms with Crippen LogP contribution in [0.4, 0.5) is 0 Å². The number of carboxylic acids is 1. The second-order valence-corrected chi connectivity index (χ2v) is 5.31. The summed E-state index contributed by atoms with van der Waals surface area (Å²) in [7, 11) is 0. The van der Waals surface area contributed by atoms with Gasteiger partial charge >= 0.3 is 5.97 Å². The highest BCUT2D eigenvalue weighted by molar-refractivity contribution is 5.72. The molecule has 1 aromatic carbocycles. The first kappa shape index (κ1) is 16.9. The number of nitrogens with one attached hydrogen (secondary N) is 1. The third-order valence-corrected chi connectivity index (χ3v) is 3.57. The molecule has 0 spiro atoms. The summed E-state index contributed by atoms with van der Waals surface area (Å²) in [6, 6.07) is 7.88. The zero-order valence-electron chi connectivity index (χ0n) is 12.3. The summed E-state index contributed by atoms with van der Waals surface area (Å²) in [4.78, 5) is 10.8. The van der Waals surface area contributed by atoms with Gasteiger partial charge in [-0.05, 0) is 12.5 Å². The standard InChI is InChI=1S/C15H21NO6/c1-9(14(19)20)16-11-8-22-15(13(18)12(11)17)21-7-10-5-3-2-4-6-10/h2-6,9,11-13,15-18H,7-8H2,1H3,(H,19,20)/t9-,11-,12+,13+,15-/m0/s1. The molecule has 0 unspecified atom stereocenters. The lowest BCUT2D eigenvalue weighted by molar-refractivity contribution is -0.255. The summed E-state index contributed by atoms with van der Waals surface area (Å²) in [5.41, 5.74) is 0.924. The van der Waals surface area contributed by atoms with Gasteiger partial charge in [0.05, 0.1) is 19.3 Å². The predicted octanol–water partition coefficient (Wildman–Crippen LogP) is -0.287. The van der Waals surface area contributed by atoms with Gasteiger partial charge in [-0.3, -0.25) is 10.1 Å². The molecule has 1 aromatic rings. The first-order valence-electron chi connectivity index (χ1n) is 7.11. The Morgan fingerprint density at radius 1 is 1.36 bits per heavy atom. The number of rotatable bonds is 6. The van der Waals surface area contributed by atoms with E-state index in [1.165, 1.54) is 6.92 Å². The van der Waals surface area contributed by atoms with Gasteiger partial charge in [0, 0.05) is 0 Å². The Morgan fingerprint density at radius 3 is 2.68 bits per heavy atom. The molecule has 1 fully saturated rings. The molecule has 4 N–H and O–H groups in total. The lowest BCUT2D eigenvalue weighted by atomic mass is 10.0. The molecule has 2 rings (SSSR count). The molecule has 22 heavy (non-hydrogen) atoms. The Morgan fingerprint density at radius 2 is 2.05 bits per heavy atom. The first-order valence-corrected chi connectivity index (χ1v) is 7.11. The highest BCUT2D eigenvalue weighted by Crippen LogP contribution is 2.18. The third-order valence-electron chi connectivity index (χ3n) is 3.57. The third kappa shape index (κ3) is 4.25. The topological polar surface area (TPSA) is 108 Å². The van der Waals surface area contributed by atoms with Crippen molar-refractivity contribution < 1.29 is 29.6 Å². The average molecular weight is 311 g/mol. The Kier molecular flexibility index (Phi) is 5.87. The Labute approximate surface area is 128 Å². The number of aliphatic hydroxyl groups excluding tert-OH is 2. The van der Waals surface area contributed by atoms with Crippen molar-refractivity contribution in [3.63, 3.8) is 0 Å². The molecular formula is C15H21NO6. The van der Waals surface area contributed by atoms with Crippen molar-refractivity contribution in [2.75, 3.05) is 6.61 Å². The summed E-state index contributed by atoms with van der Waals surface area (Å²) < 4.78 is 10.9. The quantitative estimate of drug-likeness (QED) is 0.572. The molecule has 5 atom stereocenters. The van der Waals surface area contributed by atoms with E-state index in [0.717, 1.165) is 5.56 Å². The number of hydrogen-bond donors (Lipinski definition) is 4. The fourth-order valence-electron chi connectivity index (χ4n) is 2.23. The molecule has 0 amide bonds. The van der Waals surface area contributed by atoms with E-state index in [1.807, 2.05) is 30.3 Å². The summed E-state index contributed by atoms with van der Waals surface area (Å²) in [6.07, 6.45) is -3.37. The van der Waals surface area contributed by atoms with Crippen molar-refractivity contribution in [1.29, 1.82) is 0 Å². The zero-order chi connectivity index (χ0) is 16.1. The van der Waals surface area contributed by atoms with Crippen LogP contribution in [0.3, 0.4) is 0 Å². The highest BCUT2D eigenvalue weighted by Gasteiger charge is 2.40. The molecule has 7 heteroatoms. The van der Waals surface area contributed by atoms with Gasteiger partial charge < -0.3 is 24.8 Å². The summed E-state index contributed by atoms with van der Waals surface area (Å²) in [5.74, 6) is -1.04. The van der Waals surface area contributed by atoms with Gasteiger partial charge in [-0.2, -0.15) is 0 Å². The van der Waals surface area contributed by atoms with E-state index in [4.69, 9.17) is 14.6 Å². The van der Waals surface area contributed by atoms with E-state index in [-0.39, 0.29) is 13.2 Å². The van der Waals surface area contributed by atoms with Crippen LogP contribution in [0.2, 0.25) is 0 Å². The molecular weight excluding hydrogens is 290 g/mol. The molecule has 1 heterocycles. The van der Waals surface area contributed by atoms with Crippen LogP contribution in [0, 0.1) is 0 Å². The molecule has 0 saturated carbocycles. The van der Waals surface area contributed by atoms with Crippen LogP contribution in [-0.4, -0.2) is 58.5 Å². The van der Waals surface area contributed by atoms with E-state index in [1.54, 1.807) is 0 Å². The van der Waals surface area contributed by atoms with Crippen molar-refractivity contribution >= 4 is 5.97 Å². The normalized spacial score (nSPS) is 30.0. The summed E-state index contributed by atoms with van der Waals surface area (Å²) in [6.45, 7) is 1.76. The number of ether oxygens (including phenoxy) is 2. The number of carbonyl (C=O) groups is 1. The Balaban J connectivity index is 1.86. The molecule has 0 radical (unpaired) electrons. The Hall–Kier alpha value is -1.51.